The quantitative estimate of drug-likeness (QED) is 0.206. The molecule has 0 unspecified atom stereocenters. The smallest absolute Gasteiger partial charge is 0.253 e. The number of aryl methyl sites for hydroxylation is 2. The van der Waals surface area contributed by atoms with E-state index in [1.807, 2.05) is 21.9 Å². The molecule has 300 valence electrons. The van der Waals surface area contributed by atoms with Crippen molar-refractivity contribution in [3.05, 3.63) is 70.0 Å². The summed E-state index contributed by atoms with van der Waals surface area (Å²) in [6.07, 6.45) is 11.9. The molecule has 9 rings (SSSR count). The number of fused-ring (bicyclic) bond motifs is 6. The number of likely N-dealkylation sites (tertiary alicyclic amines) is 2. The van der Waals surface area contributed by atoms with Crippen LogP contribution in [-0.2, 0) is 43.8 Å². The summed E-state index contributed by atoms with van der Waals surface area (Å²) in [5.74, 6) is 2.39. The summed E-state index contributed by atoms with van der Waals surface area (Å²) in [4.78, 5) is 45.2. The van der Waals surface area contributed by atoms with Gasteiger partial charge in [0.2, 0.25) is 5.91 Å². The average Bonchev–Trinajstić information content (AvgIpc) is 3.68. The zero-order valence-electron chi connectivity index (χ0n) is 34.5. The molecule has 0 spiro atoms. The maximum Gasteiger partial charge on any atom is 0.253 e. The Morgan fingerprint density at radius 2 is 1.16 bits per heavy atom. The molecule has 1 N–H and O–H groups in total. The highest BCUT2D eigenvalue weighted by Crippen LogP contribution is 2.36. The van der Waals surface area contributed by atoms with Gasteiger partial charge in [0, 0.05) is 134 Å². The summed E-state index contributed by atoms with van der Waals surface area (Å²) in [6, 6.07) is 12.6. The molecule has 1 saturated carbocycles. The first-order valence-electron chi connectivity index (χ1n) is 22.1. The number of carbonyl (C=O) groups is 3. The molecule has 56 heavy (non-hydrogen) atoms. The first-order valence-corrected chi connectivity index (χ1v) is 22.1. The van der Waals surface area contributed by atoms with Gasteiger partial charge in [0.25, 0.3) is 11.8 Å². The van der Waals surface area contributed by atoms with Crippen LogP contribution in [0.2, 0.25) is 0 Å². The van der Waals surface area contributed by atoms with Gasteiger partial charge in [-0.2, -0.15) is 0 Å². The monoisotopic (exact) mass is 761 g/mol. The summed E-state index contributed by atoms with van der Waals surface area (Å²) in [5, 5.41) is 5.94. The number of amides is 3. The van der Waals surface area contributed by atoms with Gasteiger partial charge in [-0.25, -0.2) is 0 Å². The lowest BCUT2D eigenvalue weighted by atomic mass is 9.84. The highest BCUT2D eigenvalue weighted by atomic mass is 16.2. The fourth-order valence-electron chi connectivity index (χ4n) is 9.94. The summed E-state index contributed by atoms with van der Waals surface area (Å²) >= 11 is 0. The van der Waals surface area contributed by atoms with E-state index in [2.05, 4.69) is 71.3 Å². The Hall–Kier alpha value is -4.11. The Bertz CT molecular complexity index is 2070. The number of piperidine rings is 2. The third-order valence-corrected chi connectivity index (χ3v) is 13.7. The van der Waals surface area contributed by atoms with Crippen molar-refractivity contribution in [2.24, 2.45) is 17.8 Å². The average molecular weight is 761 g/mol. The predicted molar refractivity (Wildman–Crippen MR) is 225 cm³/mol. The van der Waals surface area contributed by atoms with E-state index >= 15 is 0 Å². The van der Waals surface area contributed by atoms with E-state index in [-0.39, 0.29) is 17.7 Å². The maximum atomic E-state index is 13.2. The minimum absolute atomic E-state index is 0.156. The van der Waals surface area contributed by atoms with Crippen molar-refractivity contribution in [2.45, 2.75) is 125 Å². The Labute approximate surface area is 333 Å². The molecule has 2 saturated heterocycles. The Morgan fingerprint density at radius 3 is 1.66 bits per heavy atom. The maximum absolute atomic E-state index is 13.2. The summed E-state index contributed by atoms with van der Waals surface area (Å²) in [7, 11) is 0. The van der Waals surface area contributed by atoms with Crippen LogP contribution < -0.4 is 5.32 Å². The standard InChI is InChI=1S/C26H35N3O2.C21H29N3O/c1-3-12-29-23-8-7-20(26(31)27-13-9-18(2)10-14-27)16-21(23)22-17-28(15-11-24(22)29)25(30)19-5-4-6-19;1-3-10-24-19-5-4-16(21(25)23-11-7-15(2)8-12-23)13-17(19)18-14-22-9-6-20(18)24/h7-8,16,18-19H,3-6,9-15,17H2,1-2H3;4-5,13,15,22H,3,6-12,14H2,1-2H3. The van der Waals surface area contributed by atoms with Gasteiger partial charge in [-0.3, -0.25) is 14.4 Å². The molecule has 0 bridgehead atoms. The van der Waals surface area contributed by atoms with Gasteiger partial charge in [0.15, 0.2) is 0 Å². The minimum atomic E-state index is 0.156. The van der Waals surface area contributed by atoms with E-state index in [1.165, 1.54) is 50.7 Å². The highest BCUT2D eigenvalue weighted by molar-refractivity contribution is 6.00. The zero-order valence-corrected chi connectivity index (χ0v) is 34.5. The number of nitrogens with one attached hydrogen (secondary N) is 1. The van der Waals surface area contributed by atoms with Crippen LogP contribution in [0.1, 0.15) is 129 Å². The number of nitrogens with zero attached hydrogens (tertiary/aromatic N) is 5. The molecule has 1 aliphatic carbocycles. The predicted octanol–water partition coefficient (Wildman–Crippen LogP) is 8.18. The van der Waals surface area contributed by atoms with Crippen molar-refractivity contribution < 1.29 is 14.4 Å². The largest absolute Gasteiger partial charge is 0.344 e. The van der Waals surface area contributed by atoms with Gasteiger partial charge in [0.1, 0.15) is 0 Å². The van der Waals surface area contributed by atoms with Crippen molar-refractivity contribution >= 4 is 39.5 Å². The normalized spacial score (nSPS) is 19.4. The van der Waals surface area contributed by atoms with Crippen LogP contribution in [0, 0.1) is 17.8 Å². The van der Waals surface area contributed by atoms with Crippen LogP contribution in [0.5, 0.6) is 0 Å². The first-order chi connectivity index (χ1) is 27.2. The van der Waals surface area contributed by atoms with E-state index in [0.29, 0.717) is 18.4 Å². The zero-order chi connectivity index (χ0) is 38.9. The number of rotatable bonds is 7. The van der Waals surface area contributed by atoms with Gasteiger partial charge >= 0.3 is 0 Å². The molecule has 0 atom stereocenters. The van der Waals surface area contributed by atoms with E-state index in [9.17, 15) is 14.4 Å². The van der Waals surface area contributed by atoms with Gasteiger partial charge in [-0.1, -0.05) is 34.1 Å². The fourth-order valence-corrected chi connectivity index (χ4v) is 9.94. The molecular weight excluding hydrogens is 697 g/mol. The van der Waals surface area contributed by atoms with Crippen LogP contribution in [0.15, 0.2) is 36.4 Å². The van der Waals surface area contributed by atoms with Gasteiger partial charge in [-0.05, 0) is 105 Å². The molecule has 4 aliphatic heterocycles. The molecule has 3 fully saturated rings. The SMILES string of the molecule is CCCn1c2c(c3cc(C(=O)N4CCC(C)CC4)ccc31)CN(C(=O)C1CCC1)CC2.CCCn1c2c(c3cc(C(=O)N4CCC(C)CC4)ccc31)CNCC2. The number of benzene rings is 2. The lowest BCUT2D eigenvalue weighted by molar-refractivity contribution is -0.139. The minimum Gasteiger partial charge on any atom is -0.344 e. The molecular formula is C47H64N6O3. The molecule has 0 radical (unpaired) electrons. The second-order valence-corrected chi connectivity index (χ2v) is 17.6. The highest BCUT2D eigenvalue weighted by Gasteiger charge is 2.33. The second-order valence-electron chi connectivity index (χ2n) is 17.6. The summed E-state index contributed by atoms with van der Waals surface area (Å²) < 4.78 is 4.91. The lowest BCUT2D eigenvalue weighted by Crippen LogP contribution is -2.42. The first kappa shape index (κ1) is 38.7. The van der Waals surface area contributed by atoms with Crippen molar-refractivity contribution in [1.82, 2.24) is 29.2 Å². The van der Waals surface area contributed by atoms with Crippen molar-refractivity contribution in [3.8, 4) is 0 Å². The second kappa shape index (κ2) is 16.8. The Balaban J connectivity index is 0.000000161. The topological polar surface area (TPSA) is 82.8 Å². The molecule has 2 aromatic carbocycles. The third kappa shape index (κ3) is 7.52. The number of carbonyl (C=O) groups excluding carboxylic acids is 3. The third-order valence-electron chi connectivity index (χ3n) is 13.7. The molecule has 6 heterocycles. The van der Waals surface area contributed by atoms with E-state index in [1.54, 1.807) is 0 Å². The van der Waals surface area contributed by atoms with Crippen molar-refractivity contribution in [2.75, 3.05) is 39.3 Å². The Kier molecular flexibility index (Phi) is 11.6. The molecule has 4 aromatic rings. The van der Waals surface area contributed by atoms with Crippen LogP contribution in [0.3, 0.4) is 0 Å². The van der Waals surface area contributed by atoms with Crippen LogP contribution in [0.25, 0.3) is 21.8 Å². The van der Waals surface area contributed by atoms with Crippen LogP contribution in [-0.4, -0.2) is 80.8 Å². The fraction of sp³-hybridized carbons (Fsp3) is 0.596. The molecule has 9 heteroatoms. The lowest BCUT2D eigenvalue weighted by Gasteiger charge is -2.34. The molecule has 9 nitrogen and oxygen atoms in total. The molecule has 5 aliphatic rings. The number of hydrogen-bond donors (Lipinski definition) is 1. The van der Waals surface area contributed by atoms with Crippen molar-refractivity contribution in [1.29, 1.82) is 0 Å². The van der Waals surface area contributed by atoms with E-state index < -0.39 is 0 Å². The van der Waals surface area contributed by atoms with Crippen LogP contribution in [0.4, 0.5) is 0 Å². The van der Waals surface area contributed by atoms with Gasteiger partial charge in [-0.15, -0.1) is 0 Å². The summed E-state index contributed by atoms with van der Waals surface area (Å²) in [6.45, 7) is 18.0. The van der Waals surface area contributed by atoms with E-state index in [0.717, 1.165) is 140 Å². The van der Waals surface area contributed by atoms with Gasteiger partial charge < -0.3 is 29.2 Å². The number of hydrogen-bond acceptors (Lipinski definition) is 4. The van der Waals surface area contributed by atoms with Crippen molar-refractivity contribution in [3.63, 3.8) is 0 Å². The van der Waals surface area contributed by atoms with Crippen LogP contribution >= 0.6 is 0 Å². The molecule has 3 amide bonds. The Morgan fingerprint density at radius 1 is 0.643 bits per heavy atom. The van der Waals surface area contributed by atoms with E-state index in [4.69, 9.17) is 0 Å². The number of aromatic nitrogens is 2. The molecule has 2 aromatic heterocycles. The van der Waals surface area contributed by atoms with Gasteiger partial charge in [0.05, 0.1) is 0 Å². The summed E-state index contributed by atoms with van der Waals surface area (Å²) in [5.41, 5.74) is 9.65.